The molecule has 3 amide bonds. The zero-order chi connectivity index (χ0) is 34.2. The number of aromatic nitrogens is 2. The van der Waals surface area contributed by atoms with Crippen molar-refractivity contribution in [2.75, 3.05) is 44.6 Å². The summed E-state index contributed by atoms with van der Waals surface area (Å²) in [5, 5.41) is 31.2. The summed E-state index contributed by atoms with van der Waals surface area (Å²) in [6.07, 6.45) is 1.02. The van der Waals surface area contributed by atoms with Crippen LogP contribution in [0.2, 0.25) is 5.02 Å². The standard InChI is InChI=1S/C29H28ClF2N7O5.CH2O2/c1-37-20(18-4-5-22(44-13-7-33)24(32)23(18)31)15-35-26(37)27(41)36-16-2-3-17(19(30)14-16)28(42)38-9-11-39(12-10-38)29(43)25-21(40)6-8-34-25;2-1-3/h2-5,14-15,21,25,34,40H,6,8-13H2,1H3,(H,36,41);1H,(H,2,3)/t21-,25+;/m0./s1. The lowest BCUT2D eigenvalue weighted by Crippen LogP contribution is -2.55. The summed E-state index contributed by atoms with van der Waals surface area (Å²) >= 11 is 6.42. The number of anilines is 1. The van der Waals surface area contributed by atoms with Crippen LogP contribution in [0, 0.1) is 23.0 Å². The number of nitriles is 1. The van der Waals surface area contributed by atoms with Crippen LogP contribution in [-0.2, 0) is 16.6 Å². The Labute approximate surface area is 272 Å². The van der Waals surface area contributed by atoms with Gasteiger partial charge in [-0.15, -0.1) is 0 Å². The van der Waals surface area contributed by atoms with Crippen molar-refractivity contribution in [1.82, 2.24) is 24.7 Å². The normalized spacial score (nSPS) is 17.3. The lowest BCUT2D eigenvalue weighted by molar-refractivity contribution is -0.136. The van der Waals surface area contributed by atoms with Gasteiger partial charge in [-0.2, -0.15) is 9.65 Å². The summed E-state index contributed by atoms with van der Waals surface area (Å²) in [7, 11) is 1.46. The highest BCUT2D eigenvalue weighted by atomic mass is 35.5. The van der Waals surface area contributed by atoms with Gasteiger partial charge < -0.3 is 40.0 Å². The van der Waals surface area contributed by atoms with E-state index in [1.165, 1.54) is 48.1 Å². The van der Waals surface area contributed by atoms with Gasteiger partial charge in [0.2, 0.25) is 11.7 Å². The van der Waals surface area contributed by atoms with Gasteiger partial charge in [-0.1, -0.05) is 11.6 Å². The number of benzene rings is 2. The molecular formula is C30H30ClF2N7O7. The van der Waals surface area contributed by atoms with Gasteiger partial charge in [-0.25, -0.2) is 9.37 Å². The van der Waals surface area contributed by atoms with E-state index in [0.717, 1.165) is 0 Å². The molecule has 2 aliphatic rings. The third-order valence-corrected chi connectivity index (χ3v) is 7.91. The smallest absolute Gasteiger partial charge is 0.291 e. The Balaban J connectivity index is 0.00000160. The van der Waals surface area contributed by atoms with Crippen LogP contribution in [0.4, 0.5) is 14.5 Å². The molecule has 0 spiro atoms. The molecule has 2 atom stereocenters. The van der Waals surface area contributed by atoms with Gasteiger partial charge in [-0.3, -0.25) is 19.2 Å². The maximum Gasteiger partial charge on any atom is 0.291 e. The summed E-state index contributed by atoms with van der Waals surface area (Å²) < 4.78 is 35.4. The summed E-state index contributed by atoms with van der Waals surface area (Å²) in [4.78, 5) is 54.5. The molecule has 3 aromatic rings. The van der Waals surface area contributed by atoms with Crippen LogP contribution >= 0.6 is 11.6 Å². The lowest BCUT2D eigenvalue weighted by Gasteiger charge is -2.36. The number of hydrogen-bond acceptors (Lipinski definition) is 9. The minimum Gasteiger partial charge on any atom is -0.483 e. The number of hydrogen-bond donors (Lipinski definition) is 4. The number of carbonyl (C=O) groups is 4. The van der Waals surface area contributed by atoms with E-state index >= 15 is 0 Å². The fourth-order valence-corrected chi connectivity index (χ4v) is 5.47. The third kappa shape index (κ3) is 7.65. The predicted octanol–water partition coefficient (Wildman–Crippen LogP) is 1.88. The summed E-state index contributed by atoms with van der Waals surface area (Å²) in [5.41, 5.74) is 0.450. The molecule has 0 saturated carbocycles. The van der Waals surface area contributed by atoms with Crippen LogP contribution < -0.4 is 15.4 Å². The van der Waals surface area contributed by atoms with Gasteiger partial charge in [0.1, 0.15) is 12.1 Å². The molecule has 3 heterocycles. The van der Waals surface area contributed by atoms with E-state index in [0.29, 0.717) is 39.1 Å². The Kier molecular flexibility index (Phi) is 11.4. The number of piperazine rings is 1. The average molecular weight is 674 g/mol. The van der Waals surface area contributed by atoms with E-state index in [9.17, 15) is 28.3 Å². The number of halogens is 3. The molecule has 0 aliphatic carbocycles. The van der Waals surface area contributed by atoms with Crippen molar-refractivity contribution in [3.05, 3.63) is 64.6 Å². The first kappa shape index (κ1) is 34.8. The van der Waals surface area contributed by atoms with Crippen molar-refractivity contribution >= 4 is 41.5 Å². The highest BCUT2D eigenvalue weighted by molar-refractivity contribution is 6.34. The predicted molar refractivity (Wildman–Crippen MR) is 163 cm³/mol. The molecule has 2 aliphatic heterocycles. The van der Waals surface area contributed by atoms with E-state index in [1.807, 2.05) is 0 Å². The van der Waals surface area contributed by atoms with Crippen molar-refractivity contribution in [3.8, 4) is 23.1 Å². The number of carboxylic acid groups (broad SMARTS) is 1. The number of nitrogens with zero attached hydrogens (tertiary/aromatic N) is 5. The van der Waals surface area contributed by atoms with E-state index in [1.54, 1.807) is 15.9 Å². The highest BCUT2D eigenvalue weighted by Crippen LogP contribution is 2.30. The fraction of sp³-hybridized carbons (Fsp3) is 0.333. The van der Waals surface area contributed by atoms with Crippen molar-refractivity contribution in [2.45, 2.75) is 18.6 Å². The van der Waals surface area contributed by atoms with Crippen molar-refractivity contribution in [2.24, 2.45) is 7.05 Å². The van der Waals surface area contributed by atoms with Crippen molar-refractivity contribution < 1.29 is 42.9 Å². The number of carbonyl (C=O) groups excluding carboxylic acids is 3. The monoisotopic (exact) mass is 673 g/mol. The van der Waals surface area contributed by atoms with Gasteiger partial charge in [0, 0.05) is 44.5 Å². The number of amides is 3. The molecule has 1 aromatic heterocycles. The minimum absolute atomic E-state index is 0.0985. The van der Waals surface area contributed by atoms with Crippen LogP contribution in [0.25, 0.3) is 11.3 Å². The minimum atomic E-state index is -1.27. The Morgan fingerprint density at radius 2 is 1.85 bits per heavy atom. The second-order valence-electron chi connectivity index (χ2n) is 10.4. The zero-order valence-electron chi connectivity index (χ0n) is 25.0. The van der Waals surface area contributed by atoms with E-state index < -0.39 is 42.0 Å². The molecule has 4 N–H and O–H groups in total. The molecule has 17 heteroatoms. The number of rotatable bonds is 7. The van der Waals surface area contributed by atoms with Crippen LogP contribution in [-0.4, -0.2) is 105 Å². The van der Waals surface area contributed by atoms with E-state index in [4.69, 9.17) is 31.5 Å². The third-order valence-electron chi connectivity index (χ3n) is 7.60. The SMILES string of the molecule is Cn1c(-c2ccc(OCC#N)c(F)c2F)cnc1C(=O)Nc1ccc(C(=O)N2CCN(C(=O)[C@@H]3NCC[C@@H]3O)CC2)c(Cl)c1.O=CO. The van der Waals surface area contributed by atoms with E-state index in [2.05, 4.69) is 15.6 Å². The Morgan fingerprint density at radius 3 is 2.47 bits per heavy atom. The second-order valence-corrected chi connectivity index (χ2v) is 10.8. The molecule has 2 fully saturated rings. The van der Waals surface area contributed by atoms with Crippen LogP contribution in [0.15, 0.2) is 36.5 Å². The van der Waals surface area contributed by atoms with Gasteiger partial charge in [0.05, 0.1) is 28.6 Å². The van der Waals surface area contributed by atoms with Gasteiger partial charge in [-0.05, 0) is 43.3 Å². The average Bonchev–Trinajstić information content (AvgIpc) is 3.66. The molecule has 0 bridgehead atoms. The van der Waals surface area contributed by atoms with Crippen LogP contribution in [0.3, 0.4) is 0 Å². The molecule has 14 nitrogen and oxygen atoms in total. The molecule has 2 aromatic carbocycles. The molecular weight excluding hydrogens is 644 g/mol. The van der Waals surface area contributed by atoms with Gasteiger partial charge in [0.15, 0.2) is 24.0 Å². The second kappa shape index (κ2) is 15.5. The van der Waals surface area contributed by atoms with E-state index in [-0.39, 0.29) is 51.6 Å². The largest absolute Gasteiger partial charge is 0.483 e. The van der Waals surface area contributed by atoms with Crippen molar-refractivity contribution in [3.63, 3.8) is 0 Å². The van der Waals surface area contributed by atoms with Crippen LogP contribution in [0.5, 0.6) is 5.75 Å². The van der Waals surface area contributed by atoms with Gasteiger partial charge in [0.25, 0.3) is 18.3 Å². The number of nitrogens with one attached hydrogen (secondary N) is 2. The van der Waals surface area contributed by atoms with Gasteiger partial charge >= 0.3 is 0 Å². The summed E-state index contributed by atoms with van der Waals surface area (Å²) in [6, 6.07) is 7.89. The van der Waals surface area contributed by atoms with Crippen LogP contribution in [0.1, 0.15) is 27.4 Å². The highest BCUT2D eigenvalue weighted by Gasteiger charge is 2.36. The molecule has 0 radical (unpaired) electrons. The molecule has 0 unspecified atom stereocenters. The number of imidazole rings is 1. The Morgan fingerprint density at radius 1 is 1.17 bits per heavy atom. The first-order valence-corrected chi connectivity index (χ1v) is 14.6. The van der Waals surface area contributed by atoms with Crippen molar-refractivity contribution in [1.29, 1.82) is 5.26 Å². The topological polar surface area (TPSA) is 190 Å². The Bertz CT molecular complexity index is 1710. The quantitative estimate of drug-likeness (QED) is 0.270. The molecule has 47 heavy (non-hydrogen) atoms. The maximum atomic E-state index is 14.8. The lowest BCUT2D eigenvalue weighted by atomic mass is 10.1. The molecule has 248 valence electrons. The summed E-state index contributed by atoms with van der Waals surface area (Å²) in [6.45, 7) is 1.11. The first-order valence-electron chi connectivity index (χ1n) is 14.2. The Hall–Kier alpha value is -5.11. The molecule has 5 rings (SSSR count). The number of aliphatic hydroxyl groups excluding tert-OH is 1. The zero-order valence-corrected chi connectivity index (χ0v) is 25.7. The first-order chi connectivity index (χ1) is 22.5. The number of aliphatic hydroxyl groups is 1. The fourth-order valence-electron chi connectivity index (χ4n) is 5.21. The summed E-state index contributed by atoms with van der Waals surface area (Å²) in [5.74, 6) is -4.18. The maximum absolute atomic E-state index is 14.8. The number of ether oxygens (including phenoxy) is 1. The molecule has 2 saturated heterocycles.